The Morgan fingerprint density at radius 2 is 1.76 bits per heavy atom. The minimum Gasteiger partial charge on any atom is -0.312 e. The van der Waals surface area contributed by atoms with E-state index in [-0.39, 0.29) is 0 Å². The van der Waals surface area contributed by atoms with Crippen LogP contribution in [0, 0.1) is 5.92 Å². The lowest BCUT2D eigenvalue weighted by Gasteiger charge is -2.45. The number of hydrogen-bond acceptors (Lipinski definition) is 2. The summed E-state index contributed by atoms with van der Waals surface area (Å²) in [4.78, 5) is 2.71. The first-order chi connectivity index (χ1) is 9.95. The fourth-order valence-electron chi connectivity index (χ4n) is 3.90. The van der Waals surface area contributed by atoms with Gasteiger partial charge in [-0.2, -0.15) is 0 Å². The Kier molecular flexibility index (Phi) is 5.45. The molecule has 0 saturated carbocycles. The highest BCUT2D eigenvalue weighted by Crippen LogP contribution is 2.40. The average molecular weight is 288 g/mol. The lowest BCUT2D eigenvalue weighted by Crippen LogP contribution is -2.51. The van der Waals surface area contributed by atoms with E-state index in [1.165, 1.54) is 24.1 Å². The molecule has 1 aromatic rings. The summed E-state index contributed by atoms with van der Waals surface area (Å²) in [6.45, 7) is 12.9. The molecule has 2 nitrogen and oxygen atoms in total. The molecule has 1 aliphatic rings. The van der Waals surface area contributed by atoms with Gasteiger partial charge in [0.15, 0.2) is 0 Å². The minimum atomic E-state index is 0.443. The van der Waals surface area contributed by atoms with Crippen LogP contribution in [0.1, 0.15) is 64.1 Å². The molecule has 1 N–H and O–H groups in total. The van der Waals surface area contributed by atoms with Crippen molar-refractivity contribution in [3.63, 3.8) is 0 Å². The van der Waals surface area contributed by atoms with Crippen LogP contribution in [0.25, 0.3) is 0 Å². The van der Waals surface area contributed by atoms with Crippen LogP contribution < -0.4 is 5.32 Å². The summed E-state index contributed by atoms with van der Waals surface area (Å²) in [7, 11) is 2.11. The topological polar surface area (TPSA) is 15.3 Å². The lowest BCUT2D eigenvalue weighted by molar-refractivity contribution is 0.0898. The van der Waals surface area contributed by atoms with Gasteiger partial charge in [0.25, 0.3) is 0 Å². The molecule has 3 unspecified atom stereocenters. The number of fused-ring (bicyclic) bond motifs is 1. The third kappa shape index (κ3) is 3.49. The van der Waals surface area contributed by atoms with Gasteiger partial charge in [0.05, 0.1) is 0 Å². The molecule has 0 radical (unpaired) electrons. The van der Waals surface area contributed by atoms with Crippen LogP contribution in [0.2, 0.25) is 0 Å². The summed E-state index contributed by atoms with van der Waals surface area (Å²) in [6.07, 6.45) is 1.24. The largest absolute Gasteiger partial charge is 0.312 e. The van der Waals surface area contributed by atoms with Crippen LogP contribution in [0.3, 0.4) is 0 Å². The predicted octanol–water partition coefficient (Wildman–Crippen LogP) is 4.19. The number of rotatable bonds is 5. The van der Waals surface area contributed by atoms with E-state index in [1.807, 2.05) is 0 Å². The Hall–Kier alpha value is -0.860. The van der Waals surface area contributed by atoms with Crippen molar-refractivity contribution >= 4 is 0 Å². The van der Waals surface area contributed by atoms with Crippen molar-refractivity contribution in [3.05, 3.63) is 35.4 Å². The Bertz CT molecular complexity index is 453. The van der Waals surface area contributed by atoms with Crippen molar-refractivity contribution in [2.45, 2.75) is 65.1 Å². The van der Waals surface area contributed by atoms with E-state index in [0.717, 1.165) is 0 Å². The van der Waals surface area contributed by atoms with Crippen LogP contribution in [0.15, 0.2) is 24.3 Å². The molecule has 0 saturated heterocycles. The van der Waals surface area contributed by atoms with Crippen LogP contribution in [-0.2, 0) is 0 Å². The van der Waals surface area contributed by atoms with Crippen molar-refractivity contribution in [3.8, 4) is 0 Å². The van der Waals surface area contributed by atoms with Gasteiger partial charge in [-0.05, 0) is 50.3 Å². The third-order valence-electron chi connectivity index (χ3n) is 4.82. The molecule has 0 spiro atoms. The molecule has 0 amide bonds. The first kappa shape index (κ1) is 16.5. The van der Waals surface area contributed by atoms with Crippen LogP contribution in [-0.4, -0.2) is 30.6 Å². The third-order valence-corrected chi connectivity index (χ3v) is 4.82. The first-order valence-corrected chi connectivity index (χ1v) is 8.47. The van der Waals surface area contributed by atoms with Gasteiger partial charge in [0, 0.05) is 24.7 Å². The molecule has 118 valence electrons. The zero-order valence-electron chi connectivity index (χ0n) is 14.6. The summed E-state index contributed by atoms with van der Waals surface area (Å²) < 4.78 is 0. The molecule has 0 fully saturated rings. The Morgan fingerprint density at radius 1 is 1.14 bits per heavy atom. The molecule has 1 aliphatic carbocycles. The maximum atomic E-state index is 3.60. The maximum Gasteiger partial charge on any atom is 0.0478 e. The molecule has 0 heterocycles. The van der Waals surface area contributed by atoms with Gasteiger partial charge < -0.3 is 5.32 Å². The van der Waals surface area contributed by atoms with Crippen molar-refractivity contribution in [2.75, 3.05) is 13.6 Å². The van der Waals surface area contributed by atoms with E-state index in [9.17, 15) is 0 Å². The number of hydrogen-bond donors (Lipinski definition) is 1. The molecule has 2 rings (SSSR count). The van der Waals surface area contributed by atoms with Crippen LogP contribution in [0.4, 0.5) is 0 Å². The molecular weight excluding hydrogens is 256 g/mol. The minimum absolute atomic E-state index is 0.443. The second-order valence-corrected chi connectivity index (χ2v) is 7.28. The summed E-state index contributed by atoms with van der Waals surface area (Å²) >= 11 is 0. The Balaban J connectivity index is 2.35. The van der Waals surface area contributed by atoms with E-state index in [1.54, 1.807) is 0 Å². The van der Waals surface area contributed by atoms with Gasteiger partial charge in [0.2, 0.25) is 0 Å². The molecule has 21 heavy (non-hydrogen) atoms. The van der Waals surface area contributed by atoms with Gasteiger partial charge >= 0.3 is 0 Å². The van der Waals surface area contributed by atoms with Crippen LogP contribution in [0.5, 0.6) is 0 Å². The second kappa shape index (κ2) is 6.93. The molecule has 1 aromatic carbocycles. The summed E-state index contributed by atoms with van der Waals surface area (Å²) in [5.41, 5.74) is 3.03. The zero-order chi connectivity index (χ0) is 15.6. The predicted molar refractivity (Wildman–Crippen MR) is 91.7 cm³/mol. The molecule has 0 aliphatic heterocycles. The fraction of sp³-hybridized carbons (Fsp3) is 0.684. The highest BCUT2D eigenvalue weighted by Gasteiger charge is 2.36. The second-order valence-electron chi connectivity index (χ2n) is 7.28. The van der Waals surface area contributed by atoms with Crippen molar-refractivity contribution in [1.82, 2.24) is 10.2 Å². The Morgan fingerprint density at radius 3 is 2.29 bits per heavy atom. The molecule has 2 heteroatoms. The van der Waals surface area contributed by atoms with Crippen molar-refractivity contribution in [1.29, 1.82) is 0 Å². The lowest BCUT2D eigenvalue weighted by atomic mass is 9.77. The monoisotopic (exact) mass is 288 g/mol. The first-order valence-electron chi connectivity index (χ1n) is 8.47. The maximum absolute atomic E-state index is 3.60. The highest BCUT2D eigenvalue weighted by molar-refractivity contribution is 5.36. The van der Waals surface area contributed by atoms with Gasteiger partial charge in [-0.3, -0.25) is 4.90 Å². The number of benzene rings is 1. The molecule has 0 bridgehead atoms. The van der Waals surface area contributed by atoms with E-state index in [2.05, 4.69) is 76.1 Å². The van der Waals surface area contributed by atoms with E-state index < -0.39 is 0 Å². The van der Waals surface area contributed by atoms with Crippen molar-refractivity contribution < 1.29 is 0 Å². The van der Waals surface area contributed by atoms with Gasteiger partial charge in [-0.15, -0.1) is 0 Å². The van der Waals surface area contributed by atoms with Gasteiger partial charge in [0.1, 0.15) is 0 Å². The normalized spacial score (nSPS) is 25.7. The standard InChI is InChI=1S/C19H32N2/c1-13(2)12-21(14(3)4)18-11-15(5)16-9-7-8-10-17(16)19(18)20-6/h7-10,13-15,18-20H,11-12H2,1-6H3. The van der Waals surface area contributed by atoms with Gasteiger partial charge in [-0.25, -0.2) is 0 Å². The highest BCUT2D eigenvalue weighted by atomic mass is 15.2. The van der Waals surface area contributed by atoms with E-state index in [4.69, 9.17) is 0 Å². The summed E-state index contributed by atoms with van der Waals surface area (Å²) in [5.74, 6) is 1.35. The average Bonchev–Trinajstić information content (AvgIpc) is 2.44. The SMILES string of the molecule is CNC1c2ccccc2C(C)CC1N(CC(C)C)C(C)C. The fourth-order valence-corrected chi connectivity index (χ4v) is 3.90. The van der Waals surface area contributed by atoms with E-state index >= 15 is 0 Å². The number of nitrogens with zero attached hydrogens (tertiary/aromatic N) is 1. The zero-order valence-corrected chi connectivity index (χ0v) is 14.6. The van der Waals surface area contributed by atoms with Crippen LogP contribution >= 0.6 is 0 Å². The van der Waals surface area contributed by atoms with E-state index in [0.29, 0.717) is 30.0 Å². The Labute approximate surface area is 130 Å². The van der Waals surface area contributed by atoms with Gasteiger partial charge in [-0.1, -0.05) is 45.0 Å². The number of nitrogens with one attached hydrogen (secondary N) is 1. The molecule has 0 aromatic heterocycles. The summed E-state index contributed by atoms with van der Waals surface area (Å²) in [6, 6.07) is 10.6. The molecule has 3 atom stereocenters. The van der Waals surface area contributed by atoms with Crippen molar-refractivity contribution in [2.24, 2.45) is 5.92 Å². The summed E-state index contributed by atoms with van der Waals surface area (Å²) in [5, 5.41) is 3.60. The quantitative estimate of drug-likeness (QED) is 0.874. The smallest absolute Gasteiger partial charge is 0.0478 e. The number of likely N-dealkylation sites (N-methyl/N-ethyl adjacent to an activating group) is 1. The molecular formula is C19H32N2.